The van der Waals surface area contributed by atoms with Crippen LogP contribution >= 0.6 is 24.0 Å². The van der Waals surface area contributed by atoms with Gasteiger partial charge in [-0.05, 0) is 39.3 Å². The van der Waals surface area contributed by atoms with Crippen molar-refractivity contribution in [2.45, 2.75) is 71.0 Å². The summed E-state index contributed by atoms with van der Waals surface area (Å²) in [7, 11) is 0. The van der Waals surface area contributed by atoms with E-state index in [9.17, 15) is 15.2 Å². The van der Waals surface area contributed by atoms with Crippen LogP contribution in [0, 0.1) is 11.3 Å². The topological polar surface area (TPSA) is 76.4 Å². The maximum absolute atomic E-state index is 11.4. The Balaban J connectivity index is 2.80. The Morgan fingerprint density at radius 2 is 1.94 bits per heavy atom. The number of carboxylic acids is 1. The van der Waals surface area contributed by atoms with E-state index in [4.69, 9.17) is 12.2 Å². The highest BCUT2D eigenvalue weighted by molar-refractivity contribution is 8.24. The Morgan fingerprint density at radius 1 is 1.26 bits per heavy atom. The summed E-state index contributed by atoms with van der Waals surface area (Å²) in [6.07, 6.45) is 8.65. The molecule has 0 spiro atoms. The number of aliphatic carboxylic acids is 1. The highest BCUT2D eigenvalue weighted by Gasteiger charge is 2.29. The second kappa shape index (κ2) is 14.1. The number of hydrogen-bond acceptors (Lipinski definition) is 5. The molecular weight excluding hydrogens is 426 g/mol. The lowest BCUT2D eigenvalue weighted by molar-refractivity contribution is -0.138. The molecule has 31 heavy (non-hydrogen) atoms. The van der Waals surface area contributed by atoms with Crippen molar-refractivity contribution in [1.29, 1.82) is 5.26 Å². The SMILES string of the molecule is C/C=C(/CCN(CCCCCCC)c1ccccc1C#N)NC(=S)SC(C)(C)C(=O)O. The number of anilines is 1. The van der Waals surface area contributed by atoms with Gasteiger partial charge in [0.25, 0.3) is 0 Å². The predicted octanol–water partition coefficient (Wildman–Crippen LogP) is 6.10. The average Bonchev–Trinajstić information content (AvgIpc) is 2.74. The molecule has 0 saturated carbocycles. The van der Waals surface area contributed by atoms with Crippen LogP contribution in [0.15, 0.2) is 36.0 Å². The Hall–Kier alpha value is -2.04. The minimum atomic E-state index is -0.987. The number of thioether (sulfide) groups is 1. The normalized spacial score (nSPS) is 11.6. The number of nitriles is 1. The number of nitrogens with one attached hydrogen (secondary N) is 1. The van der Waals surface area contributed by atoms with Gasteiger partial charge in [-0.2, -0.15) is 5.26 Å². The van der Waals surface area contributed by atoms with Crippen LogP contribution in [0.3, 0.4) is 0 Å². The first-order valence-electron chi connectivity index (χ1n) is 10.9. The summed E-state index contributed by atoms with van der Waals surface area (Å²) in [5.74, 6) is -0.897. The zero-order chi connectivity index (χ0) is 23.3. The van der Waals surface area contributed by atoms with Gasteiger partial charge in [-0.15, -0.1) is 0 Å². The fourth-order valence-corrected chi connectivity index (χ4v) is 4.56. The minimum Gasteiger partial charge on any atom is -0.480 e. The second-order valence-corrected chi connectivity index (χ2v) is 10.2. The highest BCUT2D eigenvalue weighted by atomic mass is 32.2. The fraction of sp³-hybridized carbons (Fsp3) is 0.542. The van der Waals surface area contributed by atoms with Crippen LogP contribution in [0.2, 0.25) is 0 Å². The fourth-order valence-electron chi connectivity index (χ4n) is 3.07. The van der Waals surface area contributed by atoms with E-state index in [1.165, 1.54) is 25.7 Å². The first-order chi connectivity index (χ1) is 14.7. The van der Waals surface area contributed by atoms with Crippen molar-refractivity contribution in [2.24, 2.45) is 0 Å². The molecule has 5 nitrogen and oxygen atoms in total. The standard InChI is InChI=1S/C24H35N3O2S2/c1-5-7-8-9-12-16-27(21-14-11-10-13-19(21)18-25)17-15-20(6-2)26-23(30)31-24(3,4)22(28)29/h6,10-11,13-14H,5,7-9,12,15-17H2,1-4H3,(H,26,30)(H,28,29)/b20-6-. The van der Waals surface area contributed by atoms with E-state index in [0.717, 1.165) is 49.1 Å². The van der Waals surface area contributed by atoms with Gasteiger partial charge in [-0.25, -0.2) is 0 Å². The van der Waals surface area contributed by atoms with Crippen LogP contribution in [0.5, 0.6) is 0 Å². The van der Waals surface area contributed by atoms with Gasteiger partial charge < -0.3 is 15.3 Å². The molecule has 0 bridgehead atoms. The van der Waals surface area contributed by atoms with E-state index >= 15 is 0 Å². The van der Waals surface area contributed by atoms with Gasteiger partial charge in [0.2, 0.25) is 0 Å². The minimum absolute atomic E-state index is 0.448. The second-order valence-electron chi connectivity index (χ2n) is 7.92. The predicted molar refractivity (Wildman–Crippen MR) is 136 cm³/mol. The molecule has 0 amide bonds. The van der Waals surface area contributed by atoms with Crippen LogP contribution in [-0.2, 0) is 4.79 Å². The Kier molecular flexibility index (Phi) is 12.3. The maximum atomic E-state index is 11.4. The molecular formula is C24H35N3O2S2. The van der Waals surface area contributed by atoms with Crippen LogP contribution in [-0.4, -0.2) is 33.2 Å². The molecule has 1 aromatic rings. The molecule has 0 aliphatic carbocycles. The molecule has 0 fully saturated rings. The number of thiocarbonyl (C=S) groups is 1. The first-order valence-corrected chi connectivity index (χ1v) is 12.1. The van der Waals surface area contributed by atoms with E-state index in [2.05, 4.69) is 23.2 Å². The van der Waals surface area contributed by atoms with Gasteiger partial charge in [0.1, 0.15) is 15.1 Å². The summed E-state index contributed by atoms with van der Waals surface area (Å²) < 4.78 is -0.539. The van der Waals surface area contributed by atoms with Gasteiger partial charge in [0.15, 0.2) is 0 Å². The summed E-state index contributed by atoms with van der Waals surface area (Å²) in [5.41, 5.74) is 2.59. The molecule has 1 aromatic carbocycles. The van der Waals surface area contributed by atoms with Crippen LogP contribution in [0.1, 0.15) is 71.8 Å². The van der Waals surface area contributed by atoms with Crippen LogP contribution in [0.4, 0.5) is 5.69 Å². The van der Waals surface area contributed by atoms with Gasteiger partial charge in [0, 0.05) is 25.2 Å². The maximum Gasteiger partial charge on any atom is 0.319 e. The van der Waals surface area contributed by atoms with Crippen molar-refractivity contribution < 1.29 is 9.90 Å². The highest BCUT2D eigenvalue weighted by Crippen LogP contribution is 2.26. The van der Waals surface area contributed by atoms with Gasteiger partial charge in [0.05, 0.1) is 11.3 Å². The molecule has 0 aliphatic rings. The summed E-state index contributed by atoms with van der Waals surface area (Å²) >= 11 is 6.51. The van der Waals surface area contributed by atoms with Gasteiger partial charge in [-0.1, -0.05) is 74.8 Å². The van der Waals surface area contributed by atoms with Crippen molar-refractivity contribution in [3.8, 4) is 6.07 Å². The van der Waals surface area contributed by atoms with Crippen LogP contribution in [0.25, 0.3) is 0 Å². The number of unbranched alkanes of at least 4 members (excludes halogenated alkanes) is 4. The quantitative estimate of drug-likeness (QED) is 0.271. The lowest BCUT2D eigenvalue weighted by Gasteiger charge is -2.27. The van der Waals surface area contributed by atoms with Crippen molar-refractivity contribution in [1.82, 2.24) is 5.32 Å². The summed E-state index contributed by atoms with van der Waals surface area (Å²) in [4.78, 5) is 13.6. The van der Waals surface area contributed by atoms with Gasteiger partial charge >= 0.3 is 5.97 Å². The number of carboxylic acid groups (broad SMARTS) is 1. The summed E-state index contributed by atoms with van der Waals surface area (Å²) in [5, 5.41) is 22.0. The molecule has 1 rings (SSSR count). The van der Waals surface area contributed by atoms with Crippen molar-refractivity contribution >= 4 is 40.0 Å². The molecule has 170 valence electrons. The Morgan fingerprint density at radius 3 is 2.55 bits per heavy atom. The third-order valence-corrected chi connectivity index (χ3v) is 6.35. The van der Waals surface area contributed by atoms with E-state index in [-0.39, 0.29) is 0 Å². The Labute approximate surface area is 196 Å². The molecule has 0 aromatic heterocycles. The number of hydrogen-bond donors (Lipinski definition) is 2. The van der Waals surface area contributed by atoms with E-state index in [1.807, 2.05) is 37.3 Å². The molecule has 0 saturated heterocycles. The summed E-state index contributed by atoms with van der Waals surface area (Å²) in [6.45, 7) is 9.07. The molecule has 0 aliphatic heterocycles. The number of allylic oxidation sites excluding steroid dienone is 1. The monoisotopic (exact) mass is 461 g/mol. The van der Waals surface area contributed by atoms with E-state index in [0.29, 0.717) is 9.88 Å². The van der Waals surface area contributed by atoms with Crippen molar-refractivity contribution in [3.05, 3.63) is 41.6 Å². The molecule has 7 heteroatoms. The number of rotatable bonds is 13. The zero-order valence-electron chi connectivity index (χ0n) is 19.1. The van der Waals surface area contributed by atoms with Crippen LogP contribution < -0.4 is 10.2 Å². The Bertz CT molecular complexity index is 800. The lowest BCUT2D eigenvalue weighted by Crippen LogP contribution is -2.33. The molecule has 0 radical (unpaired) electrons. The number of nitrogens with zero attached hydrogens (tertiary/aromatic N) is 2. The van der Waals surface area contributed by atoms with E-state index in [1.54, 1.807) is 13.8 Å². The third-order valence-electron chi connectivity index (χ3n) is 5.02. The number of para-hydroxylation sites is 1. The lowest BCUT2D eigenvalue weighted by atomic mass is 10.1. The largest absolute Gasteiger partial charge is 0.480 e. The van der Waals surface area contributed by atoms with Crippen molar-refractivity contribution in [2.75, 3.05) is 18.0 Å². The number of carbonyl (C=O) groups is 1. The first kappa shape index (κ1) is 27.0. The van der Waals surface area contributed by atoms with Gasteiger partial charge in [-0.3, -0.25) is 4.79 Å². The van der Waals surface area contributed by atoms with E-state index < -0.39 is 10.7 Å². The number of benzene rings is 1. The zero-order valence-corrected chi connectivity index (χ0v) is 20.7. The molecule has 0 atom stereocenters. The van der Waals surface area contributed by atoms with Crippen molar-refractivity contribution in [3.63, 3.8) is 0 Å². The molecule has 2 N–H and O–H groups in total. The molecule has 0 unspecified atom stereocenters. The average molecular weight is 462 g/mol. The molecule has 0 heterocycles. The smallest absolute Gasteiger partial charge is 0.319 e. The summed E-state index contributed by atoms with van der Waals surface area (Å²) in [6, 6.07) is 10.0. The third kappa shape index (κ3) is 9.75.